The quantitative estimate of drug-likeness (QED) is 0.414. The molecule has 0 fully saturated rings. The number of rotatable bonds is 8. The second-order valence-electron chi connectivity index (χ2n) is 7.25. The Labute approximate surface area is 190 Å². The van der Waals surface area contributed by atoms with Crippen molar-refractivity contribution in [3.05, 3.63) is 77.7 Å². The molecule has 3 heterocycles. The number of hydrogen-bond acceptors (Lipinski definition) is 7. The summed E-state index contributed by atoms with van der Waals surface area (Å²) in [6.45, 7) is 4.05. The molecule has 0 saturated heterocycles. The standard InChI is InChI=1S/C24H23N5O4/c1-3-33-24(31)19-11-18(12-25-16(19)2)20-9-10-22-26-21(13-29(22)28-20)27-23(30)15-32-14-17-7-5-4-6-8-17/h4-13H,3,14-15H2,1-2H3,(H,27,30). The number of imidazole rings is 1. The number of hydrogen-bond donors (Lipinski definition) is 1. The first kappa shape index (κ1) is 22.1. The van der Waals surface area contributed by atoms with Gasteiger partial charge < -0.3 is 14.8 Å². The first-order valence-corrected chi connectivity index (χ1v) is 10.5. The number of aromatic nitrogens is 4. The van der Waals surface area contributed by atoms with E-state index in [4.69, 9.17) is 9.47 Å². The second kappa shape index (κ2) is 10.0. The van der Waals surface area contributed by atoms with Gasteiger partial charge in [0.05, 0.1) is 36.4 Å². The van der Waals surface area contributed by atoms with E-state index in [0.29, 0.717) is 40.6 Å². The molecule has 0 aliphatic carbocycles. The fourth-order valence-corrected chi connectivity index (χ4v) is 3.20. The Hall–Kier alpha value is -4.11. The van der Waals surface area contributed by atoms with Crippen LogP contribution in [0.2, 0.25) is 0 Å². The van der Waals surface area contributed by atoms with Crippen molar-refractivity contribution in [3.63, 3.8) is 0 Å². The number of amides is 1. The van der Waals surface area contributed by atoms with E-state index in [0.717, 1.165) is 5.56 Å². The lowest BCUT2D eigenvalue weighted by molar-refractivity contribution is -0.121. The minimum Gasteiger partial charge on any atom is -0.462 e. The number of aryl methyl sites for hydroxylation is 1. The van der Waals surface area contributed by atoms with Gasteiger partial charge >= 0.3 is 5.97 Å². The molecular weight excluding hydrogens is 422 g/mol. The fourth-order valence-electron chi connectivity index (χ4n) is 3.20. The van der Waals surface area contributed by atoms with Crippen LogP contribution in [0.3, 0.4) is 0 Å². The van der Waals surface area contributed by atoms with E-state index in [2.05, 4.69) is 20.4 Å². The van der Waals surface area contributed by atoms with Crippen molar-refractivity contribution < 1.29 is 19.1 Å². The lowest BCUT2D eigenvalue weighted by atomic mass is 10.1. The molecule has 4 aromatic rings. The zero-order valence-corrected chi connectivity index (χ0v) is 18.3. The van der Waals surface area contributed by atoms with E-state index in [9.17, 15) is 9.59 Å². The zero-order chi connectivity index (χ0) is 23.2. The topological polar surface area (TPSA) is 108 Å². The molecule has 0 unspecified atom stereocenters. The molecule has 9 nitrogen and oxygen atoms in total. The van der Waals surface area contributed by atoms with Crippen LogP contribution in [-0.4, -0.2) is 44.7 Å². The summed E-state index contributed by atoms with van der Waals surface area (Å²) in [5.74, 6) is -0.369. The monoisotopic (exact) mass is 445 g/mol. The van der Waals surface area contributed by atoms with Gasteiger partial charge in [0.2, 0.25) is 0 Å². The van der Waals surface area contributed by atoms with Gasteiger partial charge in [-0.25, -0.2) is 14.3 Å². The van der Waals surface area contributed by atoms with Crippen LogP contribution < -0.4 is 5.32 Å². The average molecular weight is 445 g/mol. The number of ether oxygens (including phenoxy) is 2. The molecule has 0 atom stereocenters. The molecule has 4 rings (SSSR count). The van der Waals surface area contributed by atoms with Gasteiger partial charge in [-0.05, 0) is 37.6 Å². The van der Waals surface area contributed by atoms with Crippen molar-refractivity contribution in [2.75, 3.05) is 18.5 Å². The number of esters is 1. The predicted molar refractivity (Wildman–Crippen MR) is 122 cm³/mol. The van der Waals surface area contributed by atoms with Crippen molar-refractivity contribution in [3.8, 4) is 11.3 Å². The molecule has 1 amide bonds. The third-order valence-electron chi connectivity index (χ3n) is 4.81. The molecule has 3 aromatic heterocycles. The van der Waals surface area contributed by atoms with E-state index >= 15 is 0 Å². The van der Waals surface area contributed by atoms with Crippen LogP contribution in [0.15, 0.2) is 60.9 Å². The first-order chi connectivity index (χ1) is 16.0. The number of carbonyl (C=O) groups excluding carboxylic acids is 2. The maximum atomic E-state index is 12.2. The van der Waals surface area contributed by atoms with Crippen LogP contribution in [0.25, 0.3) is 16.9 Å². The normalized spacial score (nSPS) is 10.8. The number of fused-ring (bicyclic) bond motifs is 1. The Bertz CT molecular complexity index is 1290. The minimum atomic E-state index is -0.424. The van der Waals surface area contributed by atoms with Crippen molar-refractivity contribution in [2.45, 2.75) is 20.5 Å². The van der Waals surface area contributed by atoms with Crippen LogP contribution in [0.1, 0.15) is 28.5 Å². The first-order valence-electron chi connectivity index (χ1n) is 10.5. The summed E-state index contributed by atoms with van der Waals surface area (Å²) < 4.78 is 12.1. The third kappa shape index (κ3) is 5.39. The van der Waals surface area contributed by atoms with Crippen molar-refractivity contribution >= 4 is 23.3 Å². The number of anilines is 1. The maximum Gasteiger partial charge on any atom is 0.339 e. The summed E-state index contributed by atoms with van der Waals surface area (Å²) in [5.41, 5.74) is 3.79. The molecule has 0 aliphatic rings. The molecule has 0 saturated carbocycles. The Kier molecular flexibility index (Phi) is 6.70. The van der Waals surface area contributed by atoms with E-state index in [1.165, 1.54) is 0 Å². The Morgan fingerprint density at radius 3 is 2.73 bits per heavy atom. The van der Waals surface area contributed by atoms with Crippen molar-refractivity contribution in [1.82, 2.24) is 19.6 Å². The summed E-state index contributed by atoms with van der Waals surface area (Å²) in [4.78, 5) is 33.0. The summed E-state index contributed by atoms with van der Waals surface area (Å²) in [6, 6.07) is 14.9. The molecule has 1 aromatic carbocycles. The minimum absolute atomic E-state index is 0.0902. The molecule has 9 heteroatoms. The van der Waals surface area contributed by atoms with Gasteiger partial charge in [-0.1, -0.05) is 30.3 Å². The third-order valence-corrected chi connectivity index (χ3v) is 4.81. The summed E-state index contributed by atoms with van der Waals surface area (Å²) in [5, 5.41) is 7.24. The van der Waals surface area contributed by atoms with Crippen LogP contribution in [0.5, 0.6) is 0 Å². The number of pyridine rings is 1. The zero-order valence-electron chi connectivity index (χ0n) is 18.3. The summed E-state index contributed by atoms with van der Waals surface area (Å²) >= 11 is 0. The largest absolute Gasteiger partial charge is 0.462 e. The van der Waals surface area contributed by atoms with Gasteiger partial charge in [-0.2, -0.15) is 5.10 Å². The molecule has 0 spiro atoms. The Morgan fingerprint density at radius 1 is 1.12 bits per heavy atom. The molecular formula is C24H23N5O4. The highest BCUT2D eigenvalue weighted by Crippen LogP contribution is 2.21. The van der Waals surface area contributed by atoms with Gasteiger partial charge in [0.1, 0.15) is 6.61 Å². The Morgan fingerprint density at radius 2 is 1.94 bits per heavy atom. The molecule has 0 aliphatic heterocycles. The summed E-state index contributed by atoms with van der Waals surface area (Å²) in [7, 11) is 0. The lowest BCUT2D eigenvalue weighted by Gasteiger charge is -2.07. The van der Waals surface area contributed by atoms with Gasteiger partial charge in [0, 0.05) is 11.8 Å². The van der Waals surface area contributed by atoms with Gasteiger partial charge in [0.25, 0.3) is 5.91 Å². The van der Waals surface area contributed by atoms with Gasteiger partial charge in [-0.15, -0.1) is 0 Å². The molecule has 0 bridgehead atoms. The Balaban J connectivity index is 1.45. The van der Waals surface area contributed by atoms with Crippen molar-refractivity contribution in [2.24, 2.45) is 0 Å². The highest BCUT2D eigenvalue weighted by Gasteiger charge is 2.14. The average Bonchev–Trinajstić information content (AvgIpc) is 3.21. The lowest BCUT2D eigenvalue weighted by Crippen LogP contribution is -2.18. The molecule has 168 valence electrons. The molecule has 1 N–H and O–H groups in total. The number of nitrogens with zero attached hydrogens (tertiary/aromatic N) is 4. The smallest absolute Gasteiger partial charge is 0.339 e. The SMILES string of the molecule is CCOC(=O)c1cc(-c2ccc3nc(NC(=O)COCc4ccccc4)cn3n2)cnc1C. The highest BCUT2D eigenvalue weighted by molar-refractivity contribution is 5.92. The molecule has 33 heavy (non-hydrogen) atoms. The fraction of sp³-hybridized carbons (Fsp3) is 0.208. The van der Waals surface area contributed by atoms with E-state index in [1.807, 2.05) is 30.3 Å². The van der Waals surface area contributed by atoms with Crippen LogP contribution in [0.4, 0.5) is 5.82 Å². The molecule has 0 radical (unpaired) electrons. The van der Waals surface area contributed by atoms with Crippen LogP contribution in [0, 0.1) is 6.92 Å². The predicted octanol–water partition coefficient (Wildman–Crippen LogP) is 3.43. The van der Waals surface area contributed by atoms with E-state index < -0.39 is 5.97 Å². The summed E-state index contributed by atoms with van der Waals surface area (Å²) in [6.07, 6.45) is 3.26. The number of benzene rings is 1. The van der Waals surface area contributed by atoms with Gasteiger partial charge in [0.15, 0.2) is 11.5 Å². The van der Waals surface area contributed by atoms with Crippen LogP contribution in [-0.2, 0) is 20.9 Å². The van der Waals surface area contributed by atoms with Crippen LogP contribution >= 0.6 is 0 Å². The van der Waals surface area contributed by atoms with Gasteiger partial charge in [-0.3, -0.25) is 9.78 Å². The maximum absolute atomic E-state index is 12.2. The van der Waals surface area contributed by atoms with E-state index in [-0.39, 0.29) is 19.1 Å². The second-order valence-corrected chi connectivity index (χ2v) is 7.25. The van der Waals surface area contributed by atoms with E-state index in [1.54, 1.807) is 49.0 Å². The number of nitrogens with one attached hydrogen (secondary N) is 1. The highest BCUT2D eigenvalue weighted by atomic mass is 16.5. The van der Waals surface area contributed by atoms with Crippen molar-refractivity contribution in [1.29, 1.82) is 0 Å². The number of carbonyl (C=O) groups is 2.